The molecule has 1 amide bonds. The second kappa shape index (κ2) is 6.00. The van der Waals surface area contributed by atoms with Crippen LogP contribution in [0.25, 0.3) is 0 Å². The predicted octanol–water partition coefficient (Wildman–Crippen LogP) is 0.391. The zero-order chi connectivity index (χ0) is 15.7. The number of sulfonamides is 1. The van der Waals surface area contributed by atoms with Crippen LogP contribution in [0.2, 0.25) is 0 Å². The highest BCUT2D eigenvalue weighted by Gasteiger charge is 2.32. The highest BCUT2D eigenvalue weighted by molar-refractivity contribution is 7.89. The van der Waals surface area contributed by atoms with Crippen molar-refractivity contribution in [3.63, 3.8) is 0 Å². The zero-order valence-corrected chi connectivity index (χ0v) is 13.6. The smallest absolute Gasteiger partial charge is 0.237 e. The van der Waals surface area contributed by atoms with Gasteiger partial charge in [-0.3, -0.25) is 9.48 Å². The van der Waals surface area contributed by atoms with E-state index in [9.17, 15) is 13.2 Å². The molecule has 2 aliphatic rings. The molecule has 22 heavy (non-hydrogen) atoms. The van der Waals surface area contributed by atoms with E-state index in [1.807, 2.05) is 24.0 Å². The van der Waals surface area contributed by atoms with Crippen molar-refractivity contribution < 1.29 is 13.2 Å². The number of amides is 1. The molecule has 1 atom stereocenters. The van der Waals surface area contributed by atoms with Crippen LogP contribution in [0, 0.1) is 6.92 Å². The fourth-order valence-corrected chi connectivity index (χ4v) is 4.62. The van der Waals surface area contributed by atoms with Crippen molar-refractivity contribution in [1.82, 2.24) is 19.0 Å². The maximum atomic E-state index is 12.4. The lowest BCUT2D eigenvalue weighted by Crippen LogP contribution is -2.46. The van der Waals surface area contributed by atoms with E-state index < -0.39 is 10.0 Å². The lowest BCUT2D eigenvalue weighted by Gasteiger charge is -2.33. The molecule has 122 valence electrons. The molecule has 3 rings (SSSR count). The van der Waals surface area contributed by atoms with Crippen molar-refractivity contribution >= 4 is 15.9 Å². The second-order valence-electron chi connectivity index (χ2n) is 6.14. The SMILES string of the molecule is Cc1cnn([C@@H]2CCCN(C(=O)CN3CCCS3(=O)=O)C2)c1. The molecule has 3 heterocycles. The zero-order valence-electron chi connectivity index (χ0n) is 12.8. The third kappa shape index (κ3) is 3.17. The average molecular weight is 326 g/mol. The van der Waals surface area contributed by atoms with E-state index in [-0.39, 0.29) is 24.2 Å². The van der Waals surface area contributed by atoms with Gasteiger partial charge in [0, 0.05) is 25.8 Å². The topological polar surface area (TPSA) is 75.5 Å². The van der Waals surface area contributed by atoms with E-state index in [2.05, 4.69) is 5.10 Å². The number of piperidine rings is 1. The first-order valence-corrected chi connectivity index (χ1v) is 9.33. The van der Waals surface area contributed by atoms with Gasteiger partial charge in [-0.2, -0.15) is 9.40 Å². The predicted molar refractivity (Wildman–Crippen MR) is 81.8 cm³/mol. The molecule has 0 unspecified atom stereocenters. The van der Waals surface area contributed by atoms with Gasteiger partial charge in [-0.05, 0) is 31.7 Å². The molecule has 0 N–H and O–H groups in total. The van der Waals surface area contributed by atoms with Crippen LogP contribution < -0.4 is 0 Å². The van der Waals surface area contributed by atoms with E-state index in [0.717, 1.165) is 18.4 Å². The number of likely N-dealkylation sites (tertiary alicyclic amines) is 1. The minimum atomic E-state index is -3.21. The first-order valence-electron chi connectivity index (χ1n) is 7.72. The quantitative estimate of drug-likeness (QED) is 0.805. The fraction of sp³-hybridized carbons (Fsp3) is 0.714. The maximum Gasteiger partial charge on any atom is 0.237 e. The summed E-state index contributed by atoms with van der Waals surface area (Å²) >= 11 is 0. The highest BCUT2D eigenvalue weighted by atomic mass is 32.2. The summed E-state index contributed by atoms with van der Waals surface area (Å²) in [4.78, 5) is 14.2. The van der Waals surface area contributed by atoms with Crippen molar-refractivity contribution in [3.8, 4) is 0 Å². The number of carbonyl (C=O) groups is 1. The molecule has 0 saturated carbocycles. The Morgan fingerprint density at radius 3 is 2.82 bits per heavy atom. The van der Waals surface area contributed by atoms with Crippen molar-refractivity contribution in [1.29, 1.82) is 0 Å². The molecular weight excluding hydrogens is 304 g/mol. The van der Waals surface area contributed by atoms with E-state index >= 15 is 0 Å². The van der Waals surface area contributed by atoms with Crippen LogP contribution in [0.4, 0.5) is 0 Å². The summed E-state index contributed by atoms with van der Waals surface area (Å²) in [6.07, 6.45) is 6.33. The Morgan fingerprint density at radius 1 is 1.36 bits per heavy atom. The van der Waals surface area contributed by atoms with Gasteiger partial charge in [0.15, 0.2) is 0 Å². The largest absolute Gasteiger partial charge is 0.339 e. The molecule has 2 saturated heterocycles. The fourth-order valence-electron chi connectivity index (χ4n) is 3.15. The summed E-state index contributed by atoms with van der Waals surface area (Å²) < 4.78 is 26.9. The molecule has 2 aliphatic heterocycles. The summed E-state index contributed by atoms with van der Waals surface area (Å²) in [6, 6.07) is 0.182. The minimum Gasteiger partial charge on any atom is -0.339 e. The molecule has 8 heteroatoms. The highest BCUT2D eigenvalue weighted by Crippen LogP contribution is 2.22. The molecule has 2 fully saturated rings. The molecule has 7 nitrogen and oxygen atoms in total. The summed E-state index contributed by atoms with van der Waals surface area (Å²) in [5.41, 5.74) is 1.10. The Morgan fingerprint density at radius 2 is 2.18 bits per heavy atom. The van der Waals surface area contributed by atoms with Crippen molar-refractivity contribution in [3.05, 3.63) is 18.0 Å². The van der Waals surface area contributed by atoms with Crippen LogP contribution >= 0.6 is 0 Å². The first-order chi connectivity index (χ1) is 10.5. The third-order valence-corrected chi connectivity index (χ3v) is 6.27. The van der Waals surface area contributed by atoms with Crippen molar-refractivity contribution in [2.24, 2.45) is 0 Å². The van der Waals surface area contributed by atoms with Crippen LogP contribution in [0.15, 0.2) is 12.4 Å². The van der Waals surface area contributed by atoms with Gasteiger partial charge in [0.25, 0.3) is 0 Å². The van der Waals surface area contributed by atoms with E-state index in [1.54, 1.807) is 4.90 Å². The Kier molecular flexibility index (Phi) is 4.22. The standard InChI is InChI=1S/C14H22N4O3S/c1-12-8-15-18(9-12)13-4-2-5-16(10-13)14(19)11-17-6-3-7-22(17,20)21/h8-9,13H,2-7,10-11H2,1H3/t13-/m1/s1. The summed E-state index contributed by atoms with van der Waals surface area (Å²) in [6.45, 7) is 3.74. The van der Waals surface area contributed by atoms with Gasteiger partial charge < -0.3 is 4.90 Å². The third-order valence-electron chi connectivity index (χ3n) is 4.37. The van der Waals surface area contributed by atoms with Crippen LogP contribution in [0.3, 0.4) is 0 Å². The van der Waals surface area contributed by atoms with Gasteiger partial charge in [-0.15, -0.1) is 0 Å². The molecule has 1 aromatic rings. The number of hydrogen-bond donors (Lipinski definition) is 0. The number of aromatic nitrogens is 2. The summed E-state index contributed by atoms with van der Waals surface area (Å²) in [7, 11) is -3.21. The maximum absolute atomic E-state index is 12.4. The van der Waals surface area contributed by atoms with Gasteiger partial charge in [0.2, 0.25) is 15.9 Å². The Balaban J connectivity index is 1.63. The summed E-state index contributed by atoms with van der Waals surface area (Å²) in [5.74, 6) is 0.0641. The van der Waals surface area contributed by atoms with E-state index in [0.29, 0.717) is 26.1 Å². The van der Waals surface area contributed by atoms with E-state index in [1.165, 1.54) is 4.31 Å². The van der Waals surface area contributed by atoms with Gasteiger partial charge in [-0.25, -0.2) is 8.42 Å². The lowest BCUT2D eigenvalue weighted by molar-refractivity contribution is -0.133. The normalized spacial score (nSPS) is 25.5. The molecule has 0 aliphatic carbocycles. The number of rotatable bonds is 3. The van der Waals surface area contributed by atoms with Crippen molar-refractivity contribution in [2.75, 3.05) is 31.9 Å². The van der Waals surface area contributed by atoms with Gasteiger partial charge in [-0.1, -0.05) is 0 Å². The lowest BCUT2D eigenvalue weighted by atomic mass is 10.1. The minimum absolute atomic E-state index is 0.0206. The summed E-state index contributed by atoms with van der Waals surface area (Å²) in [5, 5.41) is 4.33. The van der Waals surface area contributed by atoms with Gasteiger partial charge in [0.05, 0.1) is 24.5 Å². The average Bonchev–Trinajstić information content (AvgIpc) is 3.05. The molecule has 1 aromatic heterocycles. The number of carbonyl (C=O) groups excluding carboxylic acids is 1. The Hall–Kier alpha value is -1.41. The Labute approximate surface area is 130 Å². The number of aryl methyl sites for hydroxylation is 1. The van der Waals surface area contributed by atoms with E-state index in [4.69, 9.17) is 0 Å². The van der Waals surface area contributed by atoms with Crippen LogP contribution in [-0.2, 0) is 14.8 Å². The molecule has 0 spiro atoms. The molecule has 0 bridgehead atoms. The van der Waals surface area contributed by atoms with Crippen molar-refractivity contribution in [2.45, 2.75) is 32.2 Å². The molecular formula is C14H22N4O3S. The van der Waals surface area contributed by atoms with Crippen LogP contribution in [0.1, 0.15) is 30.9 Å². The second-order valence-corrected chi connectivity index (χ2v) is 8.23. The number of nitrogens with zero attached hydrogens (tertiary/aromatic N) is 4. The Bertz CT molecular complexity index is 655. The van der Waals surface area contributed by atoms with Gasteiger partial charge >= 0.3 is 0 Å². The monoisotopic (exact) mass is 326 g/mol. The first kappa shape index (κ1) is 15.5. The molecule has 0 radical (unpaired) electrons. The number of hydrogen-bond acceptors (Lipinski definition) is 4. The van der Waals surface area contributed by atoms with Crippen LogP contribution in [0.5, 0.6) is 0 Å². The van der Waals surface area contributed by atoms with Gasteiger partial charge in [0.1, 0.15) is 0 Å². The molecule has 0 aromatic carbocycles. The van der Waals surface area contributed by atoms with Crippen LogP contribution in [-0.4, -0.2) is 65.2 Å².